The zero-order chi connectivity index (χ0) is 15.5. The third kappa shape index (κ3) is 6.96. The van der Waals surface area contributed by atoms with Crippen molar-refractivity contribution in [3.63, 3.8) is 0 Å². The maximum Gasteiger partial charge on any atom is 0.311 e. The fourth-order valence-electron chi connectivity index (χ4n) is 2.70. The molecule has 1 amide bonds. The molecule has 0 radical (unpaired) electrons. The second-order valence-electron chi connectivity index (χ2n) is 6.03. The molecule has 1 aliphatic heterocycles. The van der Waals surface area contributed by atoms with E-state index in [1.54, 1.807) is 0 Å². The zero-order valence-corrected chi connectivity index (χ0v) is 13.7. The molecule has 0 bridgehead atoms. The van der Waals surface area contributed by atoms with E-state index in [2.05, 4.69) is 13.8 Å². The summed E-state index contributed by atoms with van der Waals surface area (Å²) >= 11 is 0. The second-order valence-corrected chi connectivity index (χ2v) is 6.03. The average molecular weight is 297 g/mol. The summed E-state index contributed by atoms with van der Waals surface area (Å²) in [7, 11) is 0. The van der Waals surface area contributed by atoms with Gasteiger partial charge < -0.3 is 9.64 Å². The predicted octanol–water partition coefficient (Wildman–Crippen LogP) is 3.54. The van der Waals surface area contributed by atoms with Gasteiger partial charge in [0.25, 0.3) is 0 Å². The van der Waals surface area contributed by atoms with Gasteiger partial charge in [0.2, 0.25) is 5.91 Å². The number of rotatable bonds is 11. The van der Waals surface area contributed by atoms with Crippen LogP contribution in [0.4, 0.5) is 0 Å². The third-order valence-electron chi connectivity index (χ3n) is 4.07. The minimum atomic E-state index is -0.241. The van der Waals surface area contributed by atoms with Crippen LogP contribution in [0.5, 0.6) is 0 Å². The van der Waals surface area contributed by atoms with Crippen molar-refractivity contribution in [1.29, 1.82) is 0 Å². The highest BCUT2D eigenvalue weighted by molar-refractivity contribution is 5.86. The van der Waals surface area contributed by atoms with Crippen molar-refractivity contribution < 1.29 is 14.3 Å². The molecule has 1 fully saturated rings. The van der Waals surface area contributed by atoms with Gasteiger partial charge in [0.05, 0.1) is 12.5 Å². The predicted molar refractivity (Wildman–Crippen MR) is 83.9 cm³/mol. The summed E-state index contributed by atoms with van der Waals surface area (Å²) in [6.45, 7) is 6.18. The highest BCUT2D eigenvalue weighted by atomic mass is 16.5. The van der Waals surface area contributed by atoms with E-state index >= 15 is 0 Å². The molecule has 21 heavy (non-hydrogen) atoms. The largest absolute Gasteiger partial charge is 0.465 e. The van der Waals surface area contributed by atoms with Crippen LogP contribution in [-0.2, 0) is 14.3 Å². The van der Waals surface area contributed by atoms with Crippen molar-refractivity contribution in [2.45, 2.75) is 71.6 Å². The Hall–Kier alpha value is -1.06. The highest BCUT2D eigenvalue weighted by Gasteiger charge is 2.34. The quantitative estimate of drug-likeness (QED) is 0.433. The van der Waals surface area contributed by atoms with Gasteiger partial charge in [-0.2, -0.15) is 0 Å². The van der Waals surface area contributed by atoms with Gasteiger partial charge in [0, 0.05) is 19.5 Å². The van der Waals surface area contributed by atoms with Gasteiger partial charge in [-0.25, -0.2) is 0 Å². The summed E-state index contributed by atoms with van der Waals surface area (Å²) in [4.78, 5) is 25.7. The molecule has 1 rings (SSSR count). The molecule has 0 saturated carbocycles. The molecule has 1 heterocycles. The topological polar surface area (TPSA) is 46.6 Å². The molecule has 0 N–H and O–H groups in total. The molecule has 1 saturated heterocycles. The number of hydrogen-bond donors (Lipinski definition) is 0. The average Bonchev–Trinajstić information content (AvgIpc) is 2.84. The SMILES string of the molecule is CCCCCCOC(=O)C1CC(=O)N(CCCCCC)C1. The summed E-state index contributed by atoms with van der Waals surface area (Å²) in [5.41, 5.74) is 0. The molecule has 0 aromatic carbocycles. The first kappa shape index (κ1) is 18.0. The molecular formula is C17H31NO3. The lowest BCUT2D eigenvalue weighted by Crippen LogP contribution is -2.27. The Morgan fingerprint density at radius 1 is 1.10 bits per heavy atom. The molecule has 4 nitrogen and oxygen atoms in total. The first-order valence-corrected chi connectivity index (χ1v) is 8.63. The van der Waals surface area contributed by atoms with E-state index in [0.29, 0.717) is 19.6 Å². The zero-order valence-electron chi connectivity index (χ0n) is 13.7. The summed E-state index contributed by atoms with van der Waals surface area (Å²) in [6, 6.07) is 0. The first-order valence-electron chi connectivity index (χ1n) is 8.63. The van der Waals surface area contributed by atoms with Crippen LogP contribution in [0, 0.1) is 5.92 Å². The molecule has 0 spiro atoms. The van der Waals surface area contributed by atoms with Crippen molar-refractivity contribution in [2.75, 3.05) is 19.7 Å². The number of carbonyl (C=O) groups excluding carboxylic acids is 2. The monoisotopic (exact) mass is 297 g/mol. The number of likely N-dealkylation sites (tertiary alicyclic amines) is 1. The molecule has 1 atom stereocenters. The Morgan fingerprint density at radius 2 is 1.76 bits per heavy atom. The summed E-state index contributed by atoms with van der Waals surface area (Å²) < 4.78 is 5.29. The molecule has 0 aromatic rings. The van der Waals surface area contributed by atoms with Crippen LogP contribution in [0.15, 0.2) is 0 Å². The lowest BCUT2D eigenvalue weighted by molar-refractivity contribution is -0.148. The van der Waals surface area contributed by atoms with Gasteiger partial charge in [-0.15, -0.1) is 0 Å². The van der Waals surface area contributed by atoms with Crippen molar-refractivity contribution >= 4 is 11.9 Å². The van der Waals surface area contributed by atoms with E-state index in [0.717, 1.165) is 32.2 Å². The number of unbranched alkanes of at least 4 members (excludes halogenated alkanes) is 6. The van der Waals surface area contributed by atoms with E-state index in [4.69, 9.17) is 4.74 Å². The number of nitrogens with zero attached hydrogens (tertiary/aromatic N) is 1. The van der Waals surface area contributed by atoms with Gasteiger partial charge in [-0.1, -0.05) is 52.4 Å². The minimum Gasteiger partial charge on any atom is -0.465 e. The van der Waals surface area contributed by atoms with Crippen molar-refractivity contribution in [2.24, 2.45) is 5.92 Å². The second kappa shape index (κ2) is 10.6. The molecule has 122 valence electrons. The Bertz CT molecular complexity index is 317. The molecular weight excluding hydrogens is 266 g/mol. The summed E-state index contributed by atoms with van der Waals surface area (Å²) in [6.07, 6.45) is 9.35. The molecule has 1 unspecified atom stereocenters. The van der Waals surface area contributed by atoms with Gasteiger partial charge in [-0.05, 0) is 12.8 Å². The van der Waals surface area contributed by atoms with Gasteiger partial charge in [0.15, 0.2) is 0 Å². The lowest BCUT2D eigenvalue weighted by Gasteiger charge is -2.16. The van der Waals surface area contributed by atoms with Crippen molar-refractivity contribution in [3.05, 3.63) is 0 Å². The number of carbonyl (C=O) groups is 2. The van der Waals surface area contributed by atoms with Crippen LogP contribution >= 0.6 is 0 Å². The Morgan fingerprint density at radius 3 is 2.43 bits per heavy atom. The van der Waals surface area contributed by atoms with E-state index in [1.807, 2.05) is 4.90 Å². The van der Waals surface area contributed by atoms with Crippen LogP contribution in [0.1, 0.15) is 71.6 Å². The summed E-state index contributed by atoms with van der Waals surface area (Å²) in [5.74, 6) is -0.315. The minimum absolute atomic E-state index is 0.111. The van der Waals surface area contributed by atoms with Crippen LogP contribution in [-0.4, -0.2) is 36.5 Å². The fraction of sp³-hybridized carbons (Fsp3) is 0.882. The maximum absolute atomic E-state index is 11.9. The van der Waals surface area contributed by atoms with Gasteiger partial charge in [0.1, 0.15) is 0 Å². The van der Waals surface area contributed by atoms with Crippen LogP contribution in [0.2, 0.25) is 0 Å². The molecule has 4 heteroatoms. The smallest absolute Gasteiger partial charge is 0.311 e. The van der Waals surface area contributed by atoms with E-state index < -0.39 is 0 Å². The number of ether oxygens (including phenoxy) is 1. The van der Waals surface area contributed by atoms with Crippen LogP contribution in [0.25, 0.3) is 0 Å². The number of hydrogen-bond acceptors (Lipinski definition) is 3. The van der Waals surface area contributed by atoms with E-state index in [-0.39, 0.29) is 17.8 Å². The normalized spacial score (nSPS) is 18.3. The standard InChI is InChI=1S/C17H31NO3/c1-3-5-7-9-11-18-14-15(13-16(18)19)17(20)21-12-10-8-6-4-2/h15H,3-14H2,1-2H3. The van der Waals surface area contributed by atoms with E-state index in [9.17, 15) is 9.59 Å². The maximum atomic E-state index is 11.9. The highest BCUT2D eigenvalue weighted by Crippen LogP contribution is 2.20. The summed E-state index contributed by atoms with van der Waals surface area (Å²) in [5, 5.41) is 0. The fourth-order valence-corrected chi connectivity index (χ4v) is 2.70. The first-order chi connectivity index (χ1) is 10.2. The lowest BCUT2D eigenvalue weighted by atomic mass is 10.1. The van der Waals surface area contributed by atoms with Crippen LogP contribution < -0.4 is 0 Å². The third-order valence-corrected chi connectivity index (χ3v) is 4.07. The van der Waals surface area contributed by atoms with Gasteiger partial charge >= 0.3 is 5.97 Å². The Balaban J connectivity index is 2.18. The van der Waals surface area contributed by atoms with E-state index in [1.165, 1.54) is 25.7 Å². The number of esters is 1. The van der Waals surface area contributed by atoms with Crippen LogP contribution in [0.3, 0.4) is 0 Å². The van der Waals surface area contributed by atoms with Crippen molar-refractivity contribution in [3.8, 4) is 0 Å². The Kier molecular flexibility index (Phi) is 9.11. The van der Waals surface area contributed by atoms with Crippen molar-refractivity contribution in [1.82, 2.24) is 4.90 Å². The Labute approximate surface area is 129 Å². The molecule has 0 aromatic heterocycles. The number of amides is 1. The molecule has 1 aliphatic rings. The van der Waals surface area contributed by atoms with Gasteiger partial charge in [-0.3, -0.25) is 9.59 Å². The molecule has 0 aliphatic carbocycles.